The van der Waals surface area contributed by atoms with Gasteiger partial charge in [0.25, 0.3) is 0 Å². The molecular weight excluding hydrogens is 310 g/mol. The molecule has 5 nitrogen and oxygen atoms in total. The van der Waals surface area contributed by atoms with Crippen LogP contribution in [-0.2, 0) is 14.8 Å². The van der Waals surface area contributed by atoms with Gasteiger partial charge in [-0.3, -0.25) is 4.72 Å². The molecule has 1 aromatic rings. The first kappa shape index (κ1) is 14.3. The van der Waals surface area contributed by atoms with Crippen molar-refractivity contribution in [2.75, 3.05) is 24.2 Å². The molecule has 0 heterocycles. The Hall–Kier alpha value is -0.790. The molecule has 0 atom stereocenters. The second-order valence-corrected chi connectivity index (χ2v) is 6.19. The van der Waals surface area contributed by atoms with E-state index in [9.17, 15) is 13.5 Å². The summed E-state index contributed by atoms with van der Waals surface area (Å²) >= 11 is 3.20. The molecule has 0 spiro atoms. The van der Waals surface area contributed by atoms with Crippen LogP contribution >= 0.6 is 15.9 Å². The van der Waals surface area contributed by atoms with Crippen molar-refractivity contribution < 1.29 is 18.3 Å². The summed E-state index contributed by atoms with van der Waals surface area (Å²) < 4.78 is 31.1. The first-order valence-corrected chi connectivity index (χ1v) is 7.37. The zero-order valence-corrected chi connectivity index (χ0v) is 11.7. The van der Waals surface area contributed by atoms with Crippen molar-refractivity contribution in [3.8, 4) is 5.75 Å². The van der Waals surface area contributed by atoms with Gasteiger partial charge in [-0.25, -0.2) is 8.42 Å². The lowest BCUT2D eigenvalue weighted by Gasteiger charge is -2.09. The topological polar surface area (TPSA) is 75.6 Å². The maximum atomic E-state index is 11.6. The van der Waals surface area contributed by atoms with Crippen LogP contribution in [0.3, 0.4) is 0 Å². The van der Waals surface area contributed by atoms with E-state index in [1.165, 1.54) is 19.2 Å². The highest BCUT2D eigenvalue weighted by molar-refractivity contribution is 9.10. The van der Waals surface area contributed by atoms with Crippen LogP contribution in [0.4, 0.5) is 5.69 Å². The molecule has 0 aromatic heterocycles. The Balaban J connectivity index is 2.72. The average Bonchev–Trinajstić information content (AvgIpc) is 2.23. The minimum absolute atomic E-state index is 0.0488. The molecule has 0 bridgehead atoms. The number of halogens is 1. The van der Waals surface area contributed by atoms with Gasteiger partial charge in [0, 0.05) is 18.2 Å². The highest BCUT2D eigenvalue weighted by Crippen LogP contribution is 2.27. The van der Waals surface area contributed by atoms with Gasteiger partial charge in [0.2, 0.25) is 10.0 Å². The molecule has 1 rings (SSSR count). The van der Waals surface area contributed by atoms with Crippen LogP contribution in [0.15, 0.2) is 22.7 Å². The summed E-state index contributed by atoms with van der Waals surface area (Å²) in [5.41, 5.74) is 0.164. The molecule has 7 heteroatoms. The highest BCUT2D eigenvalue weighted by Gasteiger charge is 2.12. The van der Waals surface area contributed by atoms with Gasteiger partial charge in [-0.05, 0) is 24.6 Å². The SMILES string of the molecule is COCCCS(=O)(=O)Nc1cc(Br)ccc1O. The third kappa shape index (κ3) is 4.93. The van der Waals surface area contributed by atoms with Gasteiger partial charge in [0.15, 0.2) is 0 Å². The fraction of sp³-hybridized carbons (Fsp3) is 0.400. The number of anilines is 1. The lowest BCUT2D eigenvalue weighted by molar-refractivity contribution is 0.199. The van der Waals surface area contributed by atoms with E-state index < -0.39 is 10.0 Å². The van der Waals surface area contributed by atoms with E-state index in [4.69, 9.17) is 4.74 Å². The minimum atomic E-state index is -3.46. The monoisotopic (exact) mass is 323 g/mol. The summed E-state index contributed by atoms with van der Waals surface area (Å²) in [7, 11) is -1.94. The van der Waals surface area contributed by atoms with Crippen molar-refractivity contribution in [3.63, 3.8) is 0 Å². The molecule has 17 heavy (non-hydrogen) atoms. The van der Waals surface area contributed by atoms with Crippen LogP contribution in [0, 0.1) is 0 Å². The lowest BCUT2D eigenvalue weighted by Crippen LogP contribution is -2.17. The van der Waals surface area contributed by atoms with Crippen molar-refractivity contribution >= 4 is 31.6 Å². The Morgan fingerprint density at radius 2 is 2.18 bits per heavy atom. The van der Waals surface area contributed by atoms with E-state index in [0.29, 0.717) is 17.5 Å². The Kier molecular flexibility index (Phi) is 5.23. The van der Waals surface area contributed by atoms with Crippen molar-refractivity contribution in [3.05, 3.63) is 22.7 Å². The number of nitrogens with one attached hydrogen (secondary N) is 1. The fourth-order valence-electron chi connectivity index (χ4n) is 1.20. The summed E-state index contributed by atoms with van der Waals surface area (Å²) in [4.78, 5) is 0. The van der Waals surface area contributed by atoms with Gasteiger partial charge >= 0.3 is 0 Å². The van der Waals surface area contributed by atoms with E-state index in [1.54, 1.807) is 6.07 Å². The molecule has 2 N–H and O–H groups in total. The molecule has 0 aliphatic rings. The zero-order chi connectivity index (χ0) is 12.9. The predicted molar refractivity (Wildman–Crippen MR) is 69.7 cm³/mol. The summed E-state index contributed by atoms with van der Waals surface area (Å²) in [6, 6.07) is 4.54. The number of ether oxygens (including phenoxy) is 1. The van der Waals surface area contributed by atoms with Crippen LogP contribution < -0.4 is 4.72 Å². The molecule has 1 aromatic carbocycles. The molecule has 0 saturated carbocycles. The Morgan fingerprint density at radius 3 is 2.82 bits per heavy atom. The normalized spacial score (nSPS) is 11.4. The number of hydrogen-bond acceptors (Lipinski definition) is 4. The number of phenols is 1. The number of phenolic OH excluding ortho intramolecular Hbond substituents is 1. The molecule has 0 amide bonds. The Morgan fingerprint density at radius 1 is 1.47 bits per heavy atom. The summed E-state index contributed by atoms with van der Waals surface area (Å²) in [6.45, 7) is 0.380. The fourth-order valence-corrected chi connectivity index (χ4v) is 2.66. The van der Waals surface area contributed by atoms with E-state index >= 15 is 0 Å². The quantitative estimate of drug-likeness (QED) is 0.619. The summed E-state index contributed by atoms with van der Waals surface area (Å²) in [5, 5.41) is 9.50. The predicted octanol–water partition coefficient (Wildman–Crippen LogP) is 1.93. The minimum Gasteiger partial charge on any atom is -0.506 e. The molecular formula is C10H14BrNO4S. The Labute approximate surface area is 109 Å². The third-order valence-corrected chi connectivity index (χ3v) is 3.84. The van der Waals surface area contributed by atoms with E-state index in [-0.39, 0.29) is 17.2 Å². The van der Waals surface area contributed by atoms with Crippen molar-refractivity contribution in [2.45, 2.75) is 6.42 Å². The molecule has 0 saturated heterocycles. The van der Waals surface area contributed by atoms with Crippen molar-refractivity contribution in [1.29, 1.82) is 0 Å². The van der Waals surface area contributed by atoms with Gasteiger partial charge < -0.3 is 9.84 Å². The van der Waals surface area contributed by atoms with Gasteiger partial charge in [-0.15, -0.1) is 0 Å². The largest absolute Gasteiger partial charge is 0.506 e. The van der Waals surface area contributed by atoms with Crippen molar-refractivity contribution in [2.24, 2.45) is 0 Å². The first-order chi connectivity index (χ1) is 7.94. The molecule has 96 valence electrons. The lowest BCUT2D eigenvalue weighted by atomic mass is 10.3. The van der Waals surface area contributed by atoms with Crippen LogP contribution in [0.25, 0.3) is 0 Å². The second-order valence-electron chi connectivity index (χ2n) is 3.43. The number of benzene rings is 1. The molecule has 0 fully saturated rings. The van der Waals surface area contributed by atoms with Crippen LogP contribution in [0.1, 0.15) is 6.42 Å². The van der Waals surface area contributed by atoms with Crippen molar-refractivity contribution in [1.82, 2.24) is 0 Å². The van der Waals surface area contributed by atoms with E-state index in [1.807, 2.05) is 0 Å². The summed E-state index contributed by atoms with van der Waals surface area (Å²) in [5.74, 6) is -0.157. The number of methoxy groups -OCH3 is 1. The van der Waals surface area contributed by atoms with Gasteiger partial charge in [-0.1, -0.05) is 15.9 Å². The van der Waals surface area contributed by atoms with Crippen LogP contribution in [-0.4, -0.2) is 33.0 Å². The number of sulfonamides is 1. The summed E-state index contributed by atoms with van der Waals surface area (Å²) in [6.07, 6.45) is 0.403. The van der Waals surface area contributed by atoms with Gasteiger partial charge in [0.05, 0.1) is 11.4 Å². The maximum absolute atomic E-state index is 11.6. The number of rotatable bonds is 6. The molecule has 0 unspecified atom stereocenters. The molecule has 0 radical (unpaired) electrons. The third-order valence-electron chi connectivity index (χ3n) is 1.99. The smallest absolute Gasteiger partial charge is 0.232 e. The Bertz CT molecular complexity index is 475. The average molecular weight is 324 g/mol. The number of hydrogen-bond donors (Lipinski definition) is 2. The van der Waals surface area contributed by atoms with E-state index in [0.717, 1.165) is 0 Å². The molecule has 0 aliphatic heterocycles. The maximum Gasteiger partial charge on any atom is 0.232 e. The van der Waals surface area contributed by atoms with Gasteiger partial charge in [0.1, 0.15) is 5.75 Å². The van der Waals surface area contributed by atoms with Crippen LogP contribution in [0.5, 0.6) is 5.75 Å². The first-order valence-electron chi connectivity index (χ1n) is 4.92. The number of aromatic hydroxyl groups is 1. The highest BCUT2D eigenvalue weighted by atomic mass is 79.9. The molecule has 0 aliphatic carbocycles. The van der Waals surface area contributed by atoms with Gasteiger partial charge in [-0.2, -0.15) is 0 Å². The second kappa shape index (κ2) is 6.23. The zero-order valence-electron chi connectivity index (χ0n) is 9.31. The van der Waals surface area contributed by atoms with E-state index in [2.05, 4.69) is 20.7 Å². The van der Waals surface area contributed by atoms with Crippen LogP contribution in [0.2, 0.25) is 0 Å². The standard InChI is InChI=1S/C10H14BrNO4S/c1-16-5-2-6-17(14,15)12-9-7-8(11)3-4-10(9)13/h3-4,7,12-13H,2,5-6H2,1H3.